The molecule has 2 aliphatic rings. The Hall–Kier alpha value is -9.15. The number of rotatable bonds is 15. The van der Waals surface area contributed by atoms with Gasteiger partial charge in [-0.05, 0) is 167 Å². The van der Waals surface area contributed by atoms with Gasteiger partial charge in [0.25, 0.3) is 0 Å². The second kappa shape index (κ2) is 38.5. The summed E-state index contributed by atoms with van der Waals surface area (Å²) < 4.78 is 0. The highest BCUT2D eigenvalue weighted by Gasteiger charge is 2.30. The summed E-state index contributed by atoms with van der Waals surface area (Å²) in [7, 11) is 0. The number of aryl methyl sites for hydroxylation is 2. The molecule has 2 bridgehead atoms. The van der Waals surface area contributed by atoms with Crippen LogP contribution in [0.2, 0.25) is 0 Å². The summed E-state index contributed by atoms with van der Waals surface area (Å²) in [6, 6.07) is 60.4. The first-order valence-corrected chi connectivity index (χ1v) is 28.3. The van der Waals surface area contributed by atoms with Crippen molar-refractivity contribution in [1.82, 2.24) is 0 Å². The van der Waals surface area contributed by atoms with Crippen molar-refractivity contribution in [3.63, 3.8) is 0 Å². The van der Waals surface area contributed by atoms with Crippen LogP contribution in [-0.2, 0) is 0 Å². The van der Waals surface area contributed by atoms with Gasteiger partial charge < -0.3 is 10.6 Å². The van der Waals surface area contributed by atoms with Gasteiger partial charge in [0.05, 0.1) is 0 Å². The topological polar surface area (TPSA) is 24.1 Å². The molecule has 3 heteroatoms. The molecular weight excluding hydrogens is 1020 g/mol. The van der Waals surface area contributed by atoms with Crippen LogP contribution in [0.1, 0.15) is 86.8 Å². The average Bonchev–Trinajstić information content (AvgIpc) is 2.84. The standard InChI is InChI=1S/C59H50N2.C8H10.C5H10.C4H6.C2H6.C2H4.H2S/c1-5-7-10-23-55-57-41-54(38-52-29-28-50(39-56(52)57)45-21-13-9-14-22-45)61-59-35-32-51(40-58(55)59)48-26-24-47(25-27-48)49(17-6-2)37-43(4)42(3)18-15-16-36-60-53-33-30-46(31-34-53)44-19-11-8-12-20-44;1-7-5-3-4-6-8(7)2;1-3-5-4-2;1-3-4-2;2*1-2;/h5-40,57,60-61H,1-3,41H2,4H3;3-6H,1-2H3;3,5H,4H2,1-2H3;3-4H,1-2H2;1-2H3;1-2H2;1H2/b10-7-,18-15-,36-16-,43-37+,49-17+,55-23+;;5-3-;;;;. The predicted octanol–water partition coefficient (Wildman–Crippen LogP) is 23.6. The minimum atomic E-state index is 0. The van der Waals surface area contributed by atoms with Gasteiger partial charge in [-0.2, -0.15) is 13.5 Å². The van der Waals surface area contributed by atoms with Crippen LogP contribution in [0, 0.1) is 13.8 Å². The van der Waals surface area contributed by atoms with Gasteiger partial charge in [-0.15, -0.1) is 13.2 Å². The van der Waals surface area contributed by atoms with Gasteiger partial charge >= 0.3 is 0 Å². The molecule has 2 nitrogen and oxygen atoms in total. The Balaban J connectivity index is 0.000000704. The van der Waals surface area contributed by atoms with Crippen molar-refractivity contribution in [1.29, 1.82) is 0 Å². The second-order valence-electron chi connectivity index (χ2n) is 18.9. The molecule has 2 N–H and O–H groups in total. The monoisotopic (exact) mass is 1110 g/mol. The average molecular weight is 1110 g/mol. The lowest BCUT2D eigenvalue weighted by atomic mass is 9.78. The summed E-state index contributed by atoms with van der Waals surface area (Å²) in [5.41, 5.74) is 22.6. The zero-order valence-electron chi connectivity index (χ0n) is 50.3. The highest BCUT2D eigenvalue weighted by molar-refractivity contribution is 7.59. The van der Waals surface area contributed by atoms with E-state index in [0.29, 0.717) is 0 Å². The van der Waals surface area contributed by atoms with E-state index in [1.807, 2.05) is 69.5 Å². The molecule has 83 heavy (non-hydrogen) atoms. The fourth-order valence-electron chi connectivity index (χ4n) is 8.96. The third-order valence-electron chi connectivity index (χ3n) is 13.4. The fraction of sp³-hybridized carbons (Fsp3) is 0.125. The van der Waals surface area contributed by atoms with E-state index >= 15 is 0 Å². The Morgan fingerprint density at radius 2 is 1.16 bits per heavy atom. The molecule has 0 amide bonds. The lowest BCUT2D eigenvalue weighted by molar-refractivity contribution is 0.844. The highest BCUT2D eigenvalue weighted by Crippen LogP contribution is 2.49. The van der Waals surface area contributed by atoms with E-state index < -0.39 is 0 Å². The van der Waals surface area contributed by atoms with E-state index in [1.54, 1.807) is 12.2 Å². The van der Waals surface area contributed by atoms with Crippen molar-refractivity contribution in [2.75, 3.05) is 10.6 Å². The lowest BCUT2D eigenvalue weighted by Crippen LogP contribution is -2.10. The number of hydrogen-bond acceptors (Lipinski definition) is 2. The minimum Gasteiger partial charge on any atom is -0.362 e. The third kappa shape index (κ3) is 21.4. The first-order valence-electron chi connectivity index (χ1n) is 28.3. The van der Waals surface area contributed by atoms with Crippen LogP contribution in [0.3, 0.4) is 0 Å². The van der Waals surface area contributed by atoms with Gasteiger partial charge in [-0.1, -0.05) is 272 Å². The largest absolute Gasteiger partial charge is 0.362 e. The summed E-state index contributed by atoms with van der Waals surface area (Å²) >= 11 is 0. The van der Waals surface area contributed by atoms with Crippen molar-refractivity contribution in [2.24, 2.45) is 0 Å². The molecule has 0 saturated carbocycles. The zero-order valence-corrected chi connectivity index (χ0v) is 51.3. The molecule has 1 atom stereocenters. The molecule has 1 aliphatic carbocycles. The number of hydrogen-bond donors (Lipinski definition) is 2. The third-order valence-corrected chi connectivity index (χ3v) is 13.4. The van der Waals surface area contributed by atoms with Crippen molar-refractivity contribution in [3.05, 3.63) is 357 Å². The molecule has 1 aliphatic heterocycles. The molecule has 1 heterocycles. The molecule has 0 aromatic heterocycles. The van der Waals surface area contributed by atoms with E-state index in [1.165, 1.54) is 66.9 Å². The SMILES string of the molecule is C/C=C\CC.C=C.C=C/C=C\C=C1\c2cc(-c3ccc(C(/C=C(\C)C(=C)/C=C\C=C/Nc4ccc(-c5ccccc5)cc4)=C/C=C)cc3)ccc2NC2=Cc3ccc(-c4ccccc4)cc3C1C2.C=CC=C.CC.Cc1ccccc1C.S. The molecule has 0 saturated heterocycles. The van der Waals surface area contributed by atoms with E-state index in [9.17, 15) is 0 Å². The molecule has 424 valence electrons. The Morgan fingerprint density at radius 1 is 0.614 bits per heavy atom. The van der Waals surface area contributed by atoms with Crippen LogP contribution in [-0.4, -0.2) is 0 Å². The van der Waals surface area contributed by atoms with Crippen LogP contribution in [0.4, 0.5) is 11.4 Å². The summed E-state index contributed by atoms with van der Waals surface area (Å²) in [6.07, 6.45) is 34.1. The number of benzene rings is 7. The van der Waals surface area contributed by atoms with Gasteiger partial charge in [-0.25, -0.2) is 0 Å². The van der Waals surface area contributed by atoms with Gasteiger partial charge in [0.2, 0.25) is 0 Å². The van der Waals surface area contributed by atoms with Crippen molar-refractivity contribution < 1.29 is 0 Å². The van der Waals surface area contributed by atoms with Gasteiger partial charge in [-0.3, -0.25) is 0 Å². The van der Waals surface area contributed by atoms with Crippen LogP contribution in [0.15, 0.2) is 324 Å². The molecular formula is C80H88N2S. The first-order chi connectivity index (χ1) is 40.1. The second-order valence-corrected chi connectivity index (χ2v) is 18.9. The lowest BCUT2D eigenvalue weighted by Gasteiger charge is -2.26. The molecule has 0 radical (unpaired) electrons. The molecule has 0 spiro atoms. The maximum atomic E-state index is 4.35. The Labute approximate surface area is 507 Å². The minimum absolute atomic E-state index is 0. The van der Waals surface area contributed by atoms with Crippen molar-refractivity contribution in [2.45, 2.75) is 67.2 Å². The fourth-order valence-corrected chi connectivity index (χ4v) is 8.96. The summed E-state index contributed by atoms with van der Waals surface area (Å²) in [5.74, 6) is 0.196. The molecule has 1 unspecified atom stereocenters. The van der Waals surface area contributed by atoms with E-state index in [-0.39, 0.29) is 19.4 Å². The quantitative estimate of drug-likeness (QED) is 0.0790. The number of allylic oxidation sites excluding steroid dienone is 19. The number of fused-ring (bicyclic) bond motifs is 5. The number of anilines is 2. The molecule has 0 fully saturated rings. The van der Waals surface area contributed by atoms with E-state index in [0.717, 1.165) is 52.1 Å². The van der Waals surface area contributed by atoms with E-state index in [4.69, 9.17) is 0 Å². The van der Waals surface area contributed by atoms with Crippen molar-refractivity contribution >= 4 is 42.1 Å². The van der Waals surface area contributed by atoms with Gasteiger partial charge in [0.15, 0.2) is 0 Å². The normalized spacial score (nSPS) is 13.3. The van der Waals surface area contributed by atoms with E-state index in [2.05, 4.69) is 291 Å². The first kappa shape index (κ1) is 68.1. The Morgan fingerprint density at radius 3 is 1.71 bits per heavy atom. The molecule has 9 rings (SSSR count). The predicted molar refractivity (Wildman–Crippen MR) is 379 cm³/mol. The molecule has 7 aromatic rings. The zero-order chi connectivity index (χ0) is 59.5. The Bertz CT molecular complexity index is 3380. The number of nitrogens with one attached hydrogen (secondary N) is 2. The smallest absolute Gasteiger partial charge is 0.0458 e. The van der Waals surface area contributed by atoms with Gasteiger partial charge in [0, 0.05) is 34.8 Å². The maximum Gasteiger partial charge on any atom is 0.0458 e. The van der Waals surface area contributed by atoms with Crippen molar-refractivity contribution in [3.8, 4) is 33.4 Å². The molecule has 7 aromatic carbocycles. The van der Waals surface area contributed by atoms with Crippen LogP contribution >= 0.6 is 13.5 Å². The Kier molecular flexibility index (Phi) is 31.6. The summed E-state index contributed by atoms with van der Waals surface area (Å²) in [6.45, 7) is 39.5. The van der Waals surface area contributed by atoms with Crippen LogP contribution in [0.25, 0.3) is 50.6 Å². The summed E-state index contributed by atoms with van der Waals surface area (Å²) in [5, 5.41) is 7.16. The van der Waals surface area contributed by atoms with Crippen LogP contribution in [0.5, 0.6) is 0 Å². The van der Waals surface area contributed by atoms with Gasteiger partial charge in [0.1, 0.15) is 0 Å². The maximum absolute atomic E-state index is 4.35. The van der Waals surface area contributed by atoms with Crippen LogP contribution < -0.4 is 10.6 Å². The highest BCUT2D eigenvalue weighted by atomic mass is 32.1. The summed E-state index contributed by atoms with van der Waals surface area (Å²) in [4.78, 5) is 0.